The zero-order valence-corrected chi connectivity index (χ0v) is 9.98. The third-order valence-electron chi connectivity index (χ3n) is 3.14. The molecule has 0 amide bonds. The number of nitrogens with two attached hydrogens (primary N) is 1. The van der Waals surface area contributed by atoms with Crippen molar-refractivity contribution in [1.82, 2.24) is 9.80 Å². The Morgan fingerprint density at radius 3 is 2.53 bits per heavy atom. The molecule has 0 aromatic heterocycles. The van der Waals surface area contributed by atoms with E-state index in [-0.39, 0.29) is 6.17 Å². The minimum absolute atomic E-state index is 0.0534. The third kappa shape index (κ3) is 3.16. The van der Waals surface area contributed by atoms with Gasteiger partial charge in [0.05, 0.1) is 18.7 Å². The minimum Gasteiger partial charge on any atom is -0.316 e. The smallest absolute Gasteiger partial charge is 0.0638 e. The second-order valence-electron chi connectivity index (χ2n) is 4.58. The molecular weight excluding hydrogens is 188 g/mol. The molecule has 1 aliphatic rings. The fourth-order valence-corrected chi connectivity index (χ4v) is 2.19. The molecule has 0 bridgehead atoms. The molecule has 1 unspecified atom stereocenters. The molecule has 0 saturated carbocycles. The Morgan fingerprint density at radius 2 is 2.07 bits per heavy atom. The van der Waals surface area contributed by atoms with Crippen molar-refractivity contribution in [3.05, 3.63) is 0 Å². The SMILES string of the molecule is CC(C)N1CCN(C(C)N)[C@@H](CC#N)C1. The average Bonchev–Trinajstić information content (AvgIpc) is 2.17. The summed E-state index contributed by atoms with van der Waals surface area (Å²) in [6, 6.07) is 3.11. The fraction of sp³-hybridized carbons (Fsp3) is 0.909. The van der Waals surface area contributed by atoms with Crippen molar-refractivity contribution in [3.63, 3.8) is 0 Å². The molecular formula is C11H22N4. The topological polar surface area (TPSA) is 56.3 Å². The quantitative estimate of drug-likeness (QED) is 0.741. The first-order valence-electron chi connectivity index (χ1n) is 5.68. The van der Waals surface area contributed by atoms with Crippen LogP contribution < -0.4 is 5.73 Å². The summed E-state index contributed by atoms with van der Waals surface area (Å²) in [5, 5.41) is 8.81. The van der Waals surface area contributed by atoms with Gasteiger partial charge < -0.3 is 5.73 Å². The number of nitriles is 1. The van der Waals surface area contributed by atoms with Gasteiger partial charge in [-0.25, -0.2) is 0 Å². The predicted octanol–water partition coefficient (Wildman–Crippen LogP) is 0.599. The van der Waals surface area contributed by atoms with Crippen LogP contribution in [0.4, 0.5) is 0 Å². The van der Waals surface area contributed by atoms with E-state index in [0.717, 1.165) is 19.6 Å². The molecule has 0 spiro atoms. The van der Waals surface area contributed by atoms with E-state index in [1.54, 1.807) is 0 Å². The lowest BCUT2D eigenvalue weighted by Gasteiger charge is -2.44. The summed E-state index contributed by atoms with van der Waals surface area (Å²) in [7, 11) is 0. The van der Waals surface area contributed by atoms with E-state index in [1.807, 2.05) is 6.92 Å². The van der Waals surface area contributed by atoms with Crippen molar-refractivity contribution in [2.24, 2.45) is 5.73 Å². The van der Waals surface area contributed by atoms with Crippen LogP contribution in [0.1, 0.15) is 27.2 Å². The van der Waals surface area contributed by atoms with Crippen LogP contribution in [0.2, 0.25) is 0 Å². The molecule has 1 fully saturated rings. The summed E-state index contributed by atoms with van der Waals surface area (Å²) in [6.07, 6.45) is 0.628. The maximum atomic E-state index is 8.81. The van der Waals surface area contributed by atoms with Gasteiger partial charge in [0.1, 0.15) is 0 Å². The van der Waals surface area contributed by atoms with Crippen LogP contribution in [0.3, 0.4) is 0 Å². The molecule has 86 valence electrons. The molecule has 4 heteroatoms. The van der Waals surface area contributed by atoms with Crippen LogP contribution in [0, 0.1) is 11.3 Å². The van der Waals surface area contributed by atoms with Crippen LogP contribution in [0.15, 0.2) is 0 Å². The van der Waals surface area contributed by atoms with Gasteiger partial charge >= 0.3 is 0 Å². The van der Waals surface area contributed by atoms with E-state index in [9.17, 15) is 0 Å². The van der Waals surface area contributed by atoms with Gasteiger partial charge in [-0.2, -0.15) is 5.26 Å². The zero-order chi connectivity index (χ0) is 11.4. The van der Waals surface area contributed by atoms with Gasteiger partial charge in [-0.1, -0.05) is 0 Å². The largest absolute Gasteiger partial charge is 0.316 e. The second-order valence-corrected chi connectivity index (χ2v) is 4.58. The highest BCUT2D eigenvalue weighted by molar-refractivity contribution is 4.90. The normalized spacial score (nSPS) is 26.5. The summed E-state index contributed by atoms with van der Waals surface area (Å²) in [5.74, 6) is 0. The number of piperazine rings is 1. The van der Waals surface area contributed by atoms with Gasteiger partial charge in [-0.3, -0.25) is 9.80 Å². The molecule has 1 aliphatic heterocycles. The molecule has 4 nitrogen and oxygen atoms in total. The Kier molecular flexibility index (Phi) is 4.52. The highest BCUT2D eigenvalue weighted by Gasteiger charge is 2.29. The number of hydrogen-bond acceptors (Lipinski definition) is 4. The Morgan fingerprint density at radius 1 is 1.40 bits per heavy atom. The van der Waals surface area contributed by atoms with Gasteiger partial charge in [0.15, 0.2) is 0 Å². The van der Waals surface area contributed by atoms with Gasteiger partial charge in [0.2, 0.25) is 0 Å². The van der Waals surface area contributed by atoms with Gasteiger partial charge in [0, 0.05) is 31.7 Å². The number of hydrogen-bond donors (Lipinski definition) is 1. The summed E-state index contributed by atoms with van der Waals surface area (Å²) in [5.41, 5.74) is 5.91. The van der Waals surface area contributed by atoms with Gasteiger partial charge in [-0.05, 0) is 20.8 Å². The van der Waals surface area contributed by atoms with Crippen molar-refractivity contribution in [2.75, 3.05) is 19.6 Å². The maximum Gasteiger partial charge on any atom is 0.0638 e. The Balaban J connectivity index is 2.61. The summed E-state index contributed by atoms with van der Waals surface area (Å²) in [4.78, 5) is 4.66. The van der Waals surface area contributed by atoms with Crippen molar-refractivity contribution in [3.8, 4) is 6.07 Å². The van der Waals surface area contributed by atoms with E-state index in [4.69, 9.17) is 11.0 Å². The maximum absolute atomic E-state index is 8.81. The molecule has 2 N–H and O–H groups in total. The molecule has 0 aliphatic carbocycles. The van der Waals surface area contributed by atoms with E-state index >= 15 is 0 Å². The number of rotatable bonds is 3. The van der Waals surface area contributed by atoms with E-state index in [0.29, 0.717) is 18.5 Å². The first kappa shape index (κ1) is 12.4. The molecule has 1 saturated heterocycles. The van der Waals surface area contributed by atoms with E-state index < -0.39 is 0 Å². The predicted molar refractivity (Wildman–Crippen MR) is 61.1 cm³/mol. The lowest BCUT2D eigenvalue weighted by molar-refractivity contribution is 0.0353. The summed E-state index contributed by atoms with van der Waals surface area (Å²) in [6.45, 7) is 9.39. The molecule has 0 radical (unpaired) electrons. The summed E-state index contributed by atoms with van der Waals surface area (Å²) >= 11 is 0. The van der Waals surface area contributed by atoms with Crippen molar-refractivity contribution < 1.29 is 0 Å². The van der Waals surface area contributed by atoms with Crippen molar-refractivity contribution in [2.45, 2.75) is 45.4 Å². The van der Waals surface area contributed by atoms with Crippen LogP contribution in [0.25, 0.3) is 0 Å². The first-order chi connectivity index (χ1) is 7.06. The zero-order valence-electron chi connectivity index (χ0n) is 9.98. The minimum atomic E-state index is 0.0534. The van der Waals surface area contributed by atoms with Crippen molar-refractivity contribution in [1.29, 1.82) is 5.26 Å². The monoisotopic (exact) mass is 210 g/mol. The molecule has 1 rings (SSSR count). The van der Waals surface area contributed by atoms with Crippen molar-refractivity contribution >= 4 is 0 Å². The average molecular weight is 210 g/mol. The second kappa shape index (κ2) is 5.45. The Labute approximate surface area is 92.6 Å². The summed E-state index contributed by atoms with van der Waals surface area (Å²) < 4.78 is 0. The molecule has 15 heavy (non-hydrogen) atoms. The van der Waals surface area contributed by atoms with Crippen LogP contribution in [0.5, 0.6) is 0 Å². The van der Waals surface area contributed by atoms with Crippen LogP contribution >= 0.6 is 0 Å². The highest BCUT2D eigenvalue weighted by Crippen LogP contribution is 2.15. The molecule has 0 aromatic carbocycles. The fourth-order valence-electron chi connectivity index (χ4n) is 2.19. The first-order valence-corrected chi connectivity index (χ1v) is 5.68. The van der Waals surface area contributed by atoms with E-state index in [1.165, 1.54) is 0 Å². The molecule has 0 aromatic rings. The molecule has 2 atom stereocenters. The highest BCUT2D eigenvalue weighted by atomic mass is 15.3. The third-order valence-corrected chi connectivity index (χ3v) is 3.14. The lowest BCUT2D eigenvalue weighted by atomic mass is 10.1. The van der Waals surface area contributed by atoms with Crippen LogP contribution in [-0.2, 0) is 0 Å². The van der Waals surface area contributed by atoms with Crippen LogP contribution in [-0.4, -0.2) is 47.7 Å². The standard InChI is InChI=1S/C11H22N4/c1-9(2)14-6-7-15(10(3)13)11(8-14)4-5-12/h9-11H,4,6-8,13H2,1-3H3/t10?,11-/m0/s1. The Hall–Kier alpha value is -0.630. The van der Waals surface area contributed by atoms with Gasteiger partial charge in [0.25, 0.3) is 0 Å². The van der Waals surface area contributed by atoms with E-state index in [2.05, 4.69) is 29.7 Å². The lowest BCUT2D eigenvalue weighted by Crippen LogP contribution is -2.59. The number of nitrogens with zero attached hydrogens (tertiary/aromatic N) is 3. The molecule has 1 heterocycles. The Bertz CT molecular complexity index is 231. The van der Waals surface area contributed by atoms with Gasteiger partial charge in [-0.15, -0.1) is 0 Å².